The van der Waals surface area contributed by atoms with Gasteiger partial charge >= 0.3 is 0 Å². The van der Waals surface area contributed by atoms with Crippen molar-refractivity contribution in [3.8, 4) is 0 Å². The third-order valence-electron chi connectivity index (χ3n) is 19.3. The van der Waals surface area contributed by atoms with E-state index in [0.29, 0.717) is 62.0 Å². The van der Waals surface area contributed by atoms with Gasteiger partial charge in [0.15, 0.2) is 0 Å². The fourth-order valence-corrected chi connectivity index (χ4v) is 14.1. The minimum absolute atomic E-state index is 0.00651. The van der Waals surface area contributed by atoms with Gasteiger partial charge in [0, 0.05) is 71.7 Å². The summed E-state index contributed by atoms with van der Waals surface area (Å²) in [5.74, 6) is -8.44. The van der Waals surface area contributed by atoms with Crippen LogP contribution in [-0.4, -0.2) is 249 Å². The van der Waals surface area contributed by atoms with Crippen molar-refractivity contribution in [3.05, 3.63) is 12.7 Å². The van der Waals surface area contributed by atoms with Crippen molar-refractivity contribution in [1.29, 1.82) is 0 Å². The minimum atomic E-state index is -1.69. The van der Waals surface area contributed by atoms with Crippen molar-refractivity contribution in [2.24, 2.45) is 29.6 Å². The first kappa shape index (κ1) is 78.8. The molecule has 0 aromatic heterocycles. The van der Waals surface area contributed by atoms with Crippen molar-refractivity contribution in [3.63, 3.8) is 0 Å². The van der Waals surface area contributed by atoms with Gasteiger partial charge in [-0.05, 0) is 127 Å². The fourth-order valence-electron chi connectivity index (χ4n) is 12.7. The summed E-state index contributed by atoms with van der Waals surface area (Å²) in [6, 6.07) is -8.54. The molecule has 92 heavy (non-hydrogen) atoms. The molecule has 0 bridgehead atoms. The Morgan fingerprint density at radius 3 is 1.77 bits per heavy atom. The van der Waals surface area contributed by atoms with Crippen molar-refractivity contribution < 1.29 is 57.5 Å². The lowest BCUT2D eigenvalue weighted by molar-refractivity contribution is -0.151. The number of nitrogens with zero attached hydrogens (tertiary/aromatic N) is 8. The lowest BCUT2D eigenvalue weighted by atomic mass is 9.84. The number of carbonyl (C=O) groups is 12. The summed E-state index contributed by atoms with van der Waals surface area (Å²) in [5, 5.41) is 11.5. The van der Waals surface area contributed by atoms with Gasteiger partial charge in [0.1, 0.15) is 47.8 Å². The minimum Gasteiger partial charge on any atom is -0.343 e. The second-order valence-corrected chi connectivity index (χ2v) is 30.3. The van der Waals surface area contributed by atoms with Crippen molar-refractivity contribution in [1.82, 2.24) is 60.5 Å². The Balaban J connectivity index is 1.84. The van der Waals surface area contributed by atoms with Crippen LogP contribution in [0.3, 0.4) is 0 Å². The molecule has 2 heterocycles. The maximum atomic E-state index is 15.0. The topological polar surface area (TPSA) is 279 Å². The number of likely N-dealkylation sites (tertiary alicyclic amines) is 1. The molecule has 2 aliphatic carbocycles. The summed E-state index contributed by atoms with van der Waals surface area (Å²) < 4.78 is 0.330. The Labute approximate surface area is 566 Å². The standard InChI is InChI=1S/C66H110ClIN12O12/c1-17-22-47-61(88)79(16)66(8,9)65(92)71-49(31-40(3)4)60(87)78(15)52(63(90)80-29-19-20-30-80)36-54(82)76(13)50(32-41(5)6)59(86)72-57(42(7)18-2)64(91)75(12)38-55(83)73(10)39-56(84)77(14)51(35-43-25-27-45(67)28-26-43)62(89)74(11)37-53(81)69-48(58(85)70-47)34-44-23-21-24-46(68)33-44/h17,40-52,57H,1,18-39H2,2-16H3,(H,69,81)(H,70,85)(H,71,92)(H,72,86)/t42-,43?,44?,45?,46?,47-,48-,49-,50-,51-,52-,57-/m0/s1. The molecule has 4 fully saturated rings. The predicted molar refractivity (Wildman–Crippen MR) is 361 cm³/mol. The van der Waals surface area contributed by atoms with E-state index in [4.69, 9.17) is 11.6 Å². The Hall–Kier alpha value is -5.60. The molecule has 2 aliphatic heterocycles. The van der Waals surface area contributed by atoms with Crippen molar-refractivity contribution >= 4 is 105 Å². The molecule has 2 unspecified atom stereocenters. The smallest absolute Gasteiger partial charge is 0.246 e. The highest BCUT2D eigenvalue weighted by molar-refractivity contribution is 14.1. The van der Waals surface area contributed by atoms with E-state index >= 15 is 4.79 Å². The van der Waals surface area contributed by atoms with Crippen molar-refractivity contribution in [2.45, 2.75) is 222 Å². The van der Waals surface area contributed by atoms with Crippen LogP contribution >= 0.6 is 34.2 Å². The molecular formula is C66H110ClIN12O12. The first-order chi connectivity index (χ1) is 43.0. The fraction of sp³-hybridized carbons (Fsp3) is 0.788. The average molecular weight is 1430 g/mol. The third kappa shape index (κ3) is 22.3. The maximum absolute atomic E-state index is 15.0. The molecule has 0 aromatic carbocycles. The Morgan fingerprint density at radius 2 is 1.20 bits per heavy atom. The largest absolute Gasteiger partial charge is 0.343 e. The number of rotatable bonds is 13. The van der Waals surface area contributed by atoms with Gasteiger partial charge in [0.25, 0.3) is 0 Å². The van der Waals surface area contributed by atoms with Crippen molar-refractivity contribution in [2.75, 3.05) is 82.1 Å². The van der Waals surface area contributed by atoms with E-state index in [1.165, 1.54) is 98.7 Å². The number of nitrogens with one attached hydrogen (secondary N) is 4. The average Bonchev–Trinajstić information content (AvgIpc) is 0.953. The van der Waals surface area contributed by atoms with Crippen LogP contribution in [0.5, 0.6) is 0 Å². The van der Waals surface area contributed by atoms with Crippen LogP contribution in [-0.2, 0) is 57.5 Å². The molecule has 2 saturated carbocycles. The Kier molecular flexibility index (Phi) is 31.1. The van der Waals surface area contributed by atoms with Gasteiger partial charge in [-0.2, -0.15) is 0 Å². The normalized spacial score (nSPS) is 29.3. The van der Waals surface area contributed by atoms with Gasteiger partial charge in [0.2, 0.25) is 70.9 Å². The molecule has 520 valence electrons. The summed E-state index contributed by atoms with van der Waals surface area (Å²) in [7, 11) is 9.96. The monoisotopic (exact) mass is 1420 g/mol. The molecule has 0 spiro atoms. The first-order valence-corrected chi connectivity index (χ1v) is 34.9. The quantitative estimate of drug-likeness (QED) is 0.114. The molecule has 2 saturated heterocycles. The van der Waals surface area contributed by atoms with E-state index in [1.54, 1.807) is 11.8 Å². The molecule has 0 aromatic rings. The van der Waals surface area contributed by atoms with Gasteiger partial charge in [-0.1, -0.05) is 89.5 Å². The molecular weight excluding hydrogens is 1320 g/mol. The number of alkyl halides is 2. The Morgan fingerprint density at radius 1 is 0.609 bits per heavy atom. The van der Waals surface area contributed by atoms with Crippen LogP contribution in [0.4, 0.5) is 0 Å². The molecule has 12 amide bonds. The number of hydrogen-bond donors (Lipinski definition) is 4. The van der Waals surface area contributed by atoms with Gasteiger partial charge < -0.3 is 60.5 Å². The molecule has 4 aliphatic rings. The van der Waals surface area contributed by atoms with E-state index < -0.39 is 151 Å². The number of amides is 12. The zero-order valence-corrected chi connectivity index (χ0v) is 60.6. The highest BCUT2D eigenvalue weighted by Crippen LogP contribution is 2.34. The van der Waals surface area contributed by atoms with Crippen LogP contribution in [0, 0.1) is 29.6 Å². The molecule has 4 rings (SSSR count). The van der Waals surface area contributed by atoms with E-state index in [9.17, 15) is 52.7 Å². The summed E-state index contributed by atoms with van der Waals surface area (Å²) in [5.41, 5.74) is -1.69. The number of hydrogen-bond acceptors (Lipinski definition) is 12. The SMILES string of the molecule is C=CC[C@@H]1NC(=O)[C@H](CC2CCCC(I)C2)NC(=O)CN(C)C(=O)[C@H](CC2CCC(Cl)CC2)N(C)C(=O)CN(C)C(=O)CN(C)C(=O)[C@H]([C@@H](C)CC)NC(=O)[C@H](CC(C)C)N(C)C(=O)C[C@@H](C(=O)N2CCCC2)N(C)C(=O)[C@H](CC(C)C)NC(=O)C(C)(C)N(C)C1=O. The van der Waals surface area contributed by atoms with Crippen LogP contribution < -0.4 is 21.3 Å². The number of likely N-dealkylation sites (N-methyl/N-ethyl adjacent to an activating group) is 7. The second kappa shape index (κ2) is 36.3. The van der Waals surface area contributed by atoms with Gasteiger partial charge in [0.05, 0.1) is 26.1 Å². The van der Waals surface area contributed by atoms with Gasteiger partial charge in [-0.3, -0.25) is 57.5 Å². The lowest BCUT2D eigenvalue weighted by Gasteiger charge is -2.39. The second-order valence-electron chi connectivity index (χ2n) is 27.9. The zero-order valence-electron chi connectivity index (χ0n) is 57.7. The van der Waals surface area contributed by atoms with Crippen LogP contribution in [0.2, 0.25) is 0 Å². The summed E-state index contributed by atoms with van der Waals surface area (Å²) in [6.45, 7) is 17.2. The summed E-state index contributed by atoms with van der Waals surface area (Å²) in [6.07, 6.45) is 9.61. The predicted octanol–water partition coefficient (Wildman–Crippen LogP) is 4.33. The zero-order chi connectivity index (χ0) is 69.2. The van der Waals surface area contributed by atoms with E-state index in [1.807, 2.05) is 34.6 Å². The van der Waals surface area contributed by atoms with Gasteiger partial charge in [-0.15, -0.1) is 18.2 Å². The molecule has 4 N–H and O–H groups in total. The maximum Gasteiger partial charge on any atom is 0.246 e. The van der Waals surface area contributed by atoms with E-state index in [2.05, 4.69) is 50.4 Å². The van der Waals surface area contributed by atoms with E-state index in [0.717, 1.165) is 30.6 Å². The van der Waals surface area contributed by atoms with Crippen LogP contribution in [0.1, 0.15) is 165 Å². The Bertz CT molecular complexity index is 2620. The molecule has 0 radical (unpaired) electrons. The molecule has 10 atom stereocenters. The van der Waals surface area contributed by atoms with Crippen LogP contribution in [0.25, 0.3) is 0 Å². The summed E-state index contributed by atoms with van der Waals surface area (Å²) >= 11 is 8.89. The molecule has 24 nitrogen and oxygen atoms in total. The number of carbonyl (C=O) groups excluding carboxylic acids is 12. The summed E-state index contributed by atoms with van der Waals surface area (Å²) in [4.78, 5) is 185. The van der Waals surface area contributed by atoms with E-state index in [-0.39, 0.29) is 61.2 Å². The van der Waals surface area contributed by atoms with Crippen LogP contribution in [0.15, 0.2) is 12.7 Å². The molecule has 26 heteroatoms. The number of halogens is 2. The highest BCUT2D eigenvalue weighted by Gasteiger charge is 2.45. The highest BCUT2D eigenvalue weighted by atomic mass is 127. The van der Waals surface area contributed by atoms with Gasteiger partial charge in [-0.25, -0.2) is 0 Å². The first-order valence-electron chi connectivity index (χ1n) is 33.2. The lowest BCUT2D eigenvalue weighted by Crippen LogP contribution is -2.63. The third-order valence-corrected chi connectivity index (χ3v) is 20.9.